The van der Waals surface area contributed by atoms with Gasteiger partial charge in [-0.1, -0.05) is 24.4 Å². The first-order valence-electron chi connectivity index (χ1n) is 3.80. The zero-order valence-electron chi connectivity index (χ0n) is 6.38. The molecule has 0 saturated carbocycles. The van der Waals surface area contributed by atoms with E-state index in [1.54, 1.807) is 0 Å². The van der Waals surface area contributed by atoms with Gasteiger partial charge < -0.3 is 10.6 Å². The van der Waals surface area contributed by atoms with Gasteiger partial charge in [-0.15, -0.1) is 0 Å². The fourth-order valence-corrected chi connectivity index (χ4v) is 1.56. The van der Waals surface area contributed by atoms with E-state index in [2.05, 4.69) is 4.90 Å². The van der Waals surface area contributed by atoms with E-state index in [1.807, 2.05) is 0 Å². The fraction of sp³-hybridized carbons (Fsp3) is 0.714. The largest absolute Gasteiger partial charge is 0.388 e. The van der Waals surface area contributed by atoms with Gasteiger partial charge in [-0.05, 0) is 19.3 Å². The number of piperidine rings is 1. The topological polar surface area (TPSA) is 29.3 Å². The predicted molar refractivity (Wildman–Crippen MR) is 54.8 cm³/mol. The summed E-state index contributed by atoms with van der Waals surface area (Å²) < 4.78 is 0. The Labute approximate surface area is 77.7 Å². The van der Waals surface area contributed by atoms with Crippen molar-refractivity contribution in [3.05, 3.63) is 0 Å². The zero-order chi connectivity index (χ0) is 8.27. The Hall–Kier alpha value is -0.220. The molecule has 0 unspecified atom stereocenters. The molecule has 1 rings (SSSR count). The highest BCUT2D eigenvalue weighted by atomic mass is 32.1. The van der Waals surface area contributed by atoms with Crippen LogP contribution in [0.2, 0.25) is 0 Å². The van der Waals surface area contributed by atoms with Gasteiger partial charge >= 0.3 is 0 Å². The Bertz CT molecular complexity index is 173. The Morgan fingerprint density at radius 2 is 1.64 bits per heavy atom. The smallest absolute Gasteiger partial charge is 0.136 e. The average molecular weight is 188 g/mol. The van der Waals surface area contributed by atoms with Crippen LogP contribution in [0.25, 0.3) is 0 Å². The molecular formula is C7H12N2S2. The number of nitrogens with two attached hydrogens (primary N) is 1. The molecule has 2 nitrogen and oxygen atoms in total. The van der Waals surface area contributed by atoms with Gasteiger partial charge in [0.2, 0.25) is 0 Å². The minimum atomic E-state index is 0.363. The molecule has 1 aliphatic rings. The fourth-order valence-electron chi connectivity index (χ4n) is 1.25. The summed E-state index contributed by atoms with van der Waals surface area (Å²) in [7, 11) is 0. The van der Waals surface area contributed by atoms with Crippen LogP contribution in [0.1, 0.15) is 19.3 Å². The first-order chi connectivity index (χ1) is 5.22. The summed E-state index contributed by atoms with van der Waals surface area (Å²) in [4.78, 5) is 3.13. The number of hydrogen-bond donors (Lipinski definition) is 1. The lowest BCUT2D eigenvalue weighted by Gasteiger charge is -2.28. The molecule has 0 aromatic heterocycles. The van der Waals surface area contributed by atoms with Crippen LogP contribution in [0.5, 0.6) is 0 Å². The highest BCUT2D eigenvalue weighted by Crippen LogP contribution is 2.09. The van der Waals surface area contributed by atoms with Crippen LogP contribution < -0.4 is 5.73 Å². The summed E-state index contributed by atoms with van der Waals surface area (Å²) in [5.41, 5.74) is 5.42. The Morgan fingerprint density at radius 1 is 1.09 bits per heavy atom. The van der Waals surface area contributed by atoms with Crippen LogP contribution in [0.3, 0.4) is 0 Å². The molecule has 0 aromatic rings. The van der Waals surface area contributed by atoms with E-state index < -0.39 is 0 Å². The Kier molecular flexibility index (Phi) is 3.20. The summed E-state index contributed by atoms with van der Waals surface area (Å²) in [6, 6.07) is 0. The van der Waals surface area contributed by atoms with Gasteiger partial charge in [-0.25, -0.2) is 0 Å². The van der Waals surface area contributed by atoms with Crippen LogP contribution in [0, 0.1) is 0 Å². The van der Waals surface area contributed by atoms with Crippen molar-refractivity contribution in [2.24, 2.45) is 5.73 Å². The number of likely N-dealkylation sites (tertiary alicyclic amines) is 1. The maximum atomic E-state index is 5.42. The molecule has 11 heavy (non-hydrogen) atoms. The lowest BCUT2D eigenvalue weighted by Crippen LogP contribution is -2.40. The van der Waals surface area contributed by atoms with Gasteiger partial charge in [0, 0.05) is 13.1 Å². The van der Waals surface area contributed by atoms with Crippen molar-refractivity contribution < 1.29 is 0 Å². The average Bonchev–Trinajstić information content (AvgIpc) is 2.05. The first kappa shape index (κ1) is 8.87. The third kappa shape index (κ3) is 2.38. The van der Waals surface area contributed by atoms with Crippen LogP contribution in [0.15, 0.2) is 0 Å². The lowest BCUT2D eigenvalue weighted by atomic mass is 10.1. The summed E-state index contributed by atoms with van der Waals surface area (Å²) in [6.07, 6.45) is 3.72. The van der Waals surface area contributed by atoms with E-state index in [-0.39, 0.29) is 0 Å². The van der Waals surface area contributed by atoms with Gasteiger partial charge in [0.05, 0.1) is 0 Å². The SMILES string of the molecule is NC(=S)C(=S)N1CCCCC1. The second-order valence-electron chi connectivity index (χ2n) is 2.72. The predicted octanol–water partition coefficient (Wildman–Crippen LogP) is 1.09. The van der Waals surface area contributed by atoms with Crippen LogP contribution >= 0.6 is 24.4 Å². The maximum absolute atomic E-state index is 5.42. The van der Waals surface area contributed by atoms with E-state index in [9.17, 15) is 0 Å². The highest BCUT2D eigenvalue weighted by Gasteiger charge is 2.14. The van der Waals surface area contributed by atoms with Crippen molar-refractivity contribution >= 4 is 34.4 Å². The molecule has 4 heteroatoms. The Balaban J connectivity index is 2.45. The van der Waals surface area contributed by atoms with Crippen LogP contribution in [0.4, 0.5) is 0 Å². The number of rotatable bonds is 0. The molecule has 62 valence electrons. The summed E-state index contributed by atoms with van der Waals surface area (Å²) in [6.45, 7) is 2.05. The van der Waals surface area contributed by atoms with Gasteiger partial charge in [-0.3, -0.25) is 0 Å². The van der Waals surface area contributed by atoms with Crippen molar-refractivity contribution in [3.63, 3.8) is 0 Å². The minimum Gasteiger partial charge on any atom is -0.388 e. The van der Waals surface area contributed by atoms with Crippen molar-refractivity contribution in [2.45, 2.75) is 19.3 Å². The molecule has 0 atom stereocenters. The summed E-state index contributed by atoms with van der Waals surface area (Å²) >= 11 is 9.85. The third-order valence-electron chi connectivity index (χ3n) is 1.85. The van der Waals surface area contributed by atoms with Crippen molar-refractivity contribution in [3.8, 4) is 0 Å². The summed E-state index contributed by atoms with van der Waals surface area (Å²) in [5, 5.41) is 0. The maximum Gasteiger partial charge on any atom is 0.136 e. The van der Waals surface area contributed by atoms with E-state index in [0.717, 1.165) is 13.1 Å². The molecular weight excluding hydrogens is 176 g/mol. The number of hydrogen-bond acceptors (Lipinski definition) is 2. The second kappa shape index (κ2) is 3.97. The molecule has 0 aliphatic carbocycles. The molecule has 1 aliphatic heterocycles. The van der Waals surface area contributed by atoms with Crippen molar-refractivity contribution in [1.29, 1.82) is 0 Å². The van der Waals surface area contributed by atoms with Crippen molar-refractivity contribution in [1.82, 2.24) is 4.90 Å². The van der Waals surface area contributed by atoms with E-state index in [4.69, 9.17) is 30.2 Å². The molecule has 1 fully saturated rings. The molecule has 1 saturated heterocycles. The van der Waals surface area contributed by atoms with Gasteiger partial charge in [0.25, 0.3) is 0 Å². The number of nitrogens with zero attached hydrogens (tertiary/aromatic N) is 1. The van der Waals surface area contributed by atoms with E-state index >= 15 is 0 Å². The molecule has 1 heterocycles. The Morgan fingerprint density at radius 3 is 2.09 bits per heavy atom. The van der Waals surface area contributed by atoms with E-state index in [1.165, 1.54) is 19.3 Å². The molecule has 0 bridgehead atoms. The standard InChI is InChI=1S/C7H12N2S2/c8-6(10)7(11)9-4-2-1-3-5-9/h1-5H2,(H2,8,10). The van der Waals surface area contributed by atoms with Crippen LogP contribution in [-0.2, 0) is 0 Å². The molecule has 0 radical (unpaired) electrons. The molecule has 0 aromatic carbocycles. The van der Waals surface area contributed by atoms with Gasteiger partial charge in [0.1, 0.15) is 9.98 Å². The molecule has 2 N–H and O–H groups in total. The monoisotopic (exact) mass is 188 g/mol. The minimum absolute atomic E-state index is 0.363. The van der Waals surface area contributed by atoms with Crippen LogP contribution in [-0.4, -0.2) is 28.0 Å². The lowest BCUT2D eigenvalue weighted by molar-refractivity contribution is 0.350. The second-order valence-corrected chi connectivity index (χ2v) is 3.54. The summed E-state index contributed by atoms with van der Waals surface area (Å²) in [5.74, 6) is 0. The molecule has 0 spiro atoms. The van der Waals surface area contributed by atoms with Gasteiger partial charge in [-0.2, -0.15) is 0 Å². The first-order valence-corrected chi connectivity index (χ1v) is 4.62. The van der Waals surface area contributed by atoms with E-state index in [0.29, 0.717) is 9.98 Å². The van der Waals surface area contributed by atoms with Crippen molar-refractivity contribution in [2.75, 3.05) is 13.1 Å². The molecule has 0 amide bonds. The quantitative estimate of drug-likeness (QED) is 0.576. The third-order valence-corrected chi connectivity index (χ3v) is 2.65. The number of thiocarbonyl (C=S) groups is 2. The normalized spacial score (nSPS) is 18.0. The van der Waals surface area contributed by atoms with Gasteiger partial charge in [0.15, 0.2) is 0 Å². The zero-order valence-corrected chi connectivity index (χ0v) is 8.01. The highest BCUT2D eigenvalue weighted by molar-refractivity contribution is 7.89.